The van der Waals surface area contributed by atoms with Gasteiger partial charge in [0.1, 0.15) is 12.4 Å². The maximum Gasteiger partial charge on any atom is 0.468 e. The molecule has 0 unspecified atom stereocenters. The summed E-state index contributed by atoms with van der Waals surface area (Å²) in [5.41, 5.74) is 1.46. The molecule has 0 aliphatic rings. The van der Waals surface area contributed by atoms with E-state index in [2.05, 4.69) is 9.97 Å². The number of nitriles is 1. The molecule has 7 heteroatoms. The van der Waals surface area contributed by atoms with Gasteiger partial charge in [-0.15, -0.1) is 0 Å². The highest BCUT2D eigenvalue weighted by molar-refractivity contribution is 6.30. The first-order chi connectivity index (χ1) is 8.61. The van der Waals surface area contributed by atoms with Crippen LogP contribution in [0.2, 0.25) is 5.02 Å². The van der Waals surface area contributed by atoms with E-state index in [0.29, 0.717) is 21.7 Å². The molecular weight excluding hydrogens is 256 g/mol. The van der Waals surface area contributed by atoms with Crippen LogP contribution >= 0.6 is 11.6 Å². The van der Waals surface area contributed by atoms with Crippen LogP contribution < -0.4 is 0 Å². The Hall–Kier alpha value is -2.52. The highest BCUT2D eigenvalue weighted by atomic mass is 35.5. The SMILES string of the molecule is N#Cc1cc(Cl)ccc1-c1cnc([N+](=O)[O-])nc1. The van der Waals surface area contributed by atoms with Crippen LogP contribution in [0.3, 0.4) is 0 Å². The van der Waals surface area contributed by atoms with Gasteiger partial charge in [0.2, 0.25) is 0 Å². The largest absolute Gasteiger partial charge is 0.468 e. The lowest BCUT2D eigenvalue weighted by atomic mass is 10.0. The van der Waals surface area contributed by atoms with Crippen LogP contribution in [-0.4, -0.2) is 14.9 Å². The van der Waals surface area contributed by atoms with Crippen molar-refractivity contribution in [3.63, 3.8) is 0 Å². The summed E-state index contributed by atoms with van der Waals surface area (Å²) in [6.07, 6.45) is 2.60. The van der Waals surface area contributed by atoms with E-state index in [0.717, 1.165) is 0 Å². The van der Waals surface area contributed by atoms with E-state index >= 15 is 0 Å². The standard InChI is InChI=1S/C11H5ClN4O2/c12-9-1-2-10(7(3-9)4-13)8-5-14-11(15-6-8)16(17)18/h1-3,5-6H. The number of rotatable bonds is 2. The fourth-order valence-electron chi connectivity index (χ4n) is 1.42. The van der Waals surface area contributed by atoms with Crippen molar-refractivity contribution in [2.45, 2.75) is 0 Å². The number of benzene rings is 1. The second-order valence-electron chi connectivity index (χ2n) is 3.33. The van der Waals surface area contributed by atoms with E-state index in [-0.39, 0.29) is 0 Å². The van der Waals surface area contributed by atoms with Gasteiger partial charge in [0.05, 0.1) is 17.2 Å². The number of nitro groups is 1. The number of hydrogen-bond donors (Lipinski definition) is 0. The summed E-state index contributed by atoms with van der Waals surface area (Å²) in [6, 6.07) is 6.78. The first-order valence-corrected chi connectivity index (χ1v) is 5.16. The lowest BCUT2D eigenvalue weighted by Crippen LogP contribution is -1.96. The molecule has 0 aliphatic heterocycles. The summed E-state index contributed by atoms with van der Waals surface area (Å²) < 4.78 is 0. The average molecular weight is 261 g/mol. The van der Waals surface area contributed by atoms with E-state index in [1.165, 1.54) is 18.5 Å². The lowest BCUT2D eigenvalue weighted by molar-refractivity contribution is -0.394. The molecule has 0 bridgehead atoms. The van der Waals surface area contributed by atoms with Gasteiger partial charge < -0.3 is 10.1 Å². The monoisotopic (exact) mass is 260 g/mol. The first kappa shape index (κ1) is 12.0. The van der Waals surface area contributed by atoms with Gasteiger partial charge in [-0.3, -0.25) is 0 Å². The van der Waals surface area contributed by atoms with Crippen molar-refractivity contribution in [3.8, 4) is 17.2 Å². The van der Waals surface area contributed by atoms with Crippen LogP contribution in [0.15, 0.2) is 30.6 Å². The van der Waals surface area contributed by atoms with Gasteiger partial charge in [-0.25, -0.2) is 0 Å². The number of nitrogens with zero attached hydrogens (tertiary/aromatic N) is 4. The van der Waals surface area contributed by atoms with E-state index in [1.54, 1.807) is 12.1 Å². The molecule has 2 rings (SSSR count). The van der Waals surface area contributed by atoms with Crippen molar-refractivity contribution in [3.05, 3.63) is 51.3 Å². The van der Waals surface area contributed by atoms with Crippen molar-refractivity contribution in [2.75, 3.05) is 0 Å². The molecule has 1 aromatic carbocycles. The number of hydrogen-bond acceptors (Lipinski definition) is 5. The molecule has 1 heterocycles. The molecule has 0 saturated heterocycles. The zero-order valence-electron chi connectivity index (χ0n) is 8.87. The van der Waals surface area contributed by atoms with Crippen LogP contribution in [0.25, 0.3) is 11.1 Å². The van der Waals surface area contributed by atoms with Gasteiger partial charge in [-0.05, 0) is 17.1 Å². The van der Waals surface area contributed by atoms with Crippen molar-refractivity contribution in [1.29, 1.82) is 5.26 Å². The van der Waals surface area contributed by atoms with Gasteiger partial charge in [0.15, 0.2) is 0 Å². The quantitative estimate of drug-likeness (QED) is 0.611. The number of aromatic nitrogens is 2. The van der Waals surface area contributed by atoms with E-state index in [9.17, 15) is 10.1 Å². The Bertz CT molecular complexity index is 649. The van der Waals surface area contributed by atoms with Crippen LogP contribution in [0.5, 0.6) is 0 Å². The molecule has 0 amide bonds. The topological polar surface area (TPSA) is 92.7 Å². The minimum Gasteiger partial charge on any atom is -0.390 e. The first-order valence-electron chi connectivity index (χ1n) is 4.78. The Kier molecular flexibility index (Phi) is 3.17. The molecule has 0 spiro atoms. The predicted molar refractivity (Wildman–Crippen MR) is 63.8 cm³/mol. The second-order valence-corrected chi connectivity index (χ2v) is 3.77. The average Bonchev–Trinajstić information content (AvgIpc) is 2.38. The highest BCUT2D eigenvalue weighted by Gasteiger charge is 2.12. The van der Waals surface area contributed by atoms with Gasteiger partial charge in [0, 0.05) is 10.6 Å². The summed E-state index contributed by atoms with van der Waals surface area (Å²) in [5.74, 6) is -0.480. The van der Waals surface area contributed by atoms with Gasteiger partial charge in [-0.2, -0.15) is 5.26 Å². The van der Waals surface area contributed by atoms with Gasteiger partial charge in [-0.1, -0.05) is 27.6 Å². The molecule has 18 heavy (non-hydrogen) atoms. The Labute approximate surface area is 107 Å². The van der Waals surface area contributed by atoms with Crippen molar-refractivity contribution in [1.82, 2.24) is 9.97 Å². The predicted octanol–water partition coefficient (Wildman–Crippen LogP) is 2.58. The Morgan fingerprint density at radius 1 is 1.33 bits per heavy atom. The van der Waals surface area contributed by atoms with Crippen LogP contribution in [0.1, 0.15) is 5.56 Å². The van der Waals surface area contributed by atoms with E-state index in [1.807, 2.05) is 6.07 Å². The molecule has 1 aromatic heterocycles. The minimum atomic E-state index is -0.684. The van der Waals surface area contributed by atoms with Gasteiger partial charge >= 0.3 is 5.95 Å². The molecule has 0 radical (unpaired) electrons. The van der Waals surface area contributed by atoms with Crippen LogP contribution in [-0.2, 0) is 0 Å². The summed E-state index contributed by atoms with van der Waals surface area (Å²) >= 11 is 5.78. The summed E-state index contributed by atoms with van der Waals surface area (Å²) in [4.78, 5) is 16.9. The fraction of sp³-hybridized carbons (Fsp3) is 0. The zero-order chi connectivity index (χ0) is 13.1. The highest BCUT2D eigenvalue weighted by Crippen LogP contribution is 2.25. The fourth-order valence-corrected chi connectivity index (χ4v) is 1.59. The maximum absolute atomic E-state index is 10.4. The third-order valence-electron chi connectivity index (χ3n) is 2.21. The third kappa shape index (κ3) is 2.26. The normalized spacial score (nSPS) is 9.78. The van der Waals surface area contributed by atoms with Crippen LogP contribution in [0, 0.1) is 21.4 Å². The summed E-state index contributed by atoms with van der Waals surface area (Å²) in [6.45, 7) is 0. The molecule has 0 saturated carbocycles. The second kappa shape index (κ2) is 4.77. The Balaban J connectivity index is 2.49. The summed E-state index contributed by atoms with van der Waals surface area (Å²) in [7, 11) is 0. The Morgan fingerprint density at radius 2 is 2.00 bits per heavy atom. The van der Waals surface area contributed by atoms with Crippen LogP contribution in [0.4, 0.5) is 5.95 Å². The third-order valence-corrected chi connectivity index (χ3v) is 2.45. The molecule has 0 fully saturated rings. The van der Waals surface area contributed by atoms with E-state index in [4.69, 9.17) is 16.9 Å². The molecule has 0 N–H and O–H groups in total. The van der Waals surface area contributed by atoms with Gasteiger partial charge in [0.25, 0.3) is 0 Å². The van der Waals surface area contributed by atoms with Crippen molar-refractivity contribution >= 4 is 17.5 Å². The molecule has 6 nitrogen and oxygen atoms in total. The smallest absolute Gasteiger partial charge is 0.390 e. The molecular formula is C11H5ClN4O2. The number of halogens is 1. The lowest BCUT2D eigenvalue weighted by Gasteiger charge is -2.01. The minimum absolute atomic E-state index is 0.361. The summed E-state index contributed by atoms with van der Waals surface area (Å²) in [5, 5.41) is 19.9. The molecule has 0 atom stereocenters. The zero-order valence-corrected chi connectivity index (χ0v) is 9.63. The van der Waals surface area contributed by atoms with Crippen molar-refractivity contribution in [2.24, 2.45) is 0 Å². The molecule has 0 aliphatic carbocycles. The van der Waals surface area contributed by atoms with Crippen molar-refractivity contribution < 1.29 is 4.92 Å². The maximum atomic E-state index is 10.4. The Morgan fingerprint density at radius 3 is 2.56 bits per heavy atom. The molecule has 88 valence electrons. The van der Waals surface area contributed by atoms with E-state index < -0.39 is 10.9 Å². The molecule has 2 aromatic rings.